The summed E-state index contributed by atoms with van der Waals surface area (Å²) in [6.45, 7) is 1.93. The predicted octanol–water partition coefficient (Wildman–Crippen LogP) is 4.60. The fourth-order valence-corrected chi connectivity index (χ4v) is 15.0. The Morgan fingerprint density at radius 1 is 0.443 bits per heavy atom. The monoisotopic (exact) mass is 987 g/mol. The average Bonchev–Trinajstić information content (AvgIpc) is 3.20. The quantitative estimate of drug-likeness (QED) is 0.118. The van der Waals surface area contributed by atoms with Crippen LogP contribution in [0.2, 0.25) is 0 Å². The van der Waals surface area contributed by atoms with Gasteiger partial charge in [-0.2, -0.15) is 0 Å². The minimum atomic E-state index is -4.24. The Morgan fingerprint density at radius 3 is 1.11 bits per heavy atom. The molecule has 20 heteroatoms. The molecule has 6 aromatic rings. The molecule has 0 atom stereocenters. The maximum Gasteiger partial charge on any atom is -0.0429 e. The van der Waals surface area contributed by atoms with Crippen molar-refractivity contribution in [2.45, 2.75) is 62.4 Å². The Kier molecular flexibility index (Phi) is 12.8. The van der Waals surface area contributed by atoms with Crippen LogP contribution in [0.3, 0.4) is 0 Å². The number of sulfone groups is 4. The van der Waals surface area contributed by atoms with Gasteiger partial charge >= 0.3 is 293 Å². The SMILES string of the molecule is Cc1ccc(S(=O)(=O)c2ccc(S(=O)(=O)c3ccc([S](=O)(=O)[Co][c]4ccc(S(=O)(=O)c5ccc(S(=O)(=O)c6ccc([SH](=O)=O)cc6)cc5)cc4)c(C[N+](C)(C)C)c3)cc2)cc1. The first kappa shape index (κ1) is 46.0. The fourth-order valence-electron chi connectivity index (χ4n) is 5.98. The van der Waals surface area contributed by atoms with Crippen molar-refractivity contribution in [1.29, 1.82) is 0 Å². The summed E-state index contributed by atoms with van der Waals surface area (Å²) in [6.07, 6.45) is 0. The molecule has 0 fully saturated rings. The number of hydrogen-bond donors (Lipinski definition) is 1. The molecule has 0 aliphatic carbocycles. The van der Waals surface area contributed by atoms with Crippen LogP contribution in [0.4, 0.5) is 0 Å². The summed E-state index contributed by atoms with van der Waals surface area (Å²) in [7, 11) is -18.1. The zero-order chi connectivity index (χ0) is 44.8. The zero-order valence-corrected chi connectivity index (χ0v) is 38.7. The normalized spacial score (nSPS) is 13.1. The van der Waals surface area contributed by atoms with Gasteiger partial charge in [-0.05, 0) is 31.2 Å². The second kappa shape index (κ2) is 17.0. The number of aryl methyl sites for hydroxylation is 1. The Morgan fingerprint density at radius 2 is 0.754 bits per heavy atom. The fraction of sp³-hybridized carbons (Fsp3) is 0.122. The van der Waals surface area contributed by atoms with Gasteiger partial charge in [0.2, 0.25) is 0 Å². The van der Waals surface area contributed by atoms with Gasteiger partial charge in [-0.1, -0.05) is 17.7 Å². The summed E-state index contributed by atoms with van der Waals surface area (Å²) in [4.78, 5) is -1.47. The summed E-state index contributed by atoms with van der Waals surface area (Å²) < 4.78 is 158. The summed E-state index contributed by atoms with van der Waals surface area (Å²) in [5, 5.41) is 0. The molecule has 6 rings (SSSR count). The molecule has 6 aromatic carbocycles. The Balaban J connectivity index is 1.23. The molecule has 0 radical (unpaired) electrons. The Labute approximate surface area is 362 Å². The third kappa shape index (κ3) is 9.92. The van der Waals surface area contributed by atoms with E-state index in [1.54, 1.807) is 33.3 Å². The Hall–Kier alpha value is -4.51. The summed E-state index contributed by atoms with van der Waals surface area (Å²) in [5.41, 5.74) is 1.08. The molecule has 0 saturated heterocycles. The minimum Gasteiger partial charge on any atom is -0.0580 e. The number of benzene rings is 6. The van der Waals surface area contributed by atoms with Crippen molar-refractivity contribution >= 4 is 62.9 Å². The van der Waals surface area contributed by atoms with Gasteiger partial charge in [0.25, 0.3) is 0 Å². The van der Waals surface area contributed by atoms with Crippen LogP contribution < -0.4 is 4.50 Å². The van der Waals surface area contributed by atoms with Crippen LogP contribution in [0.15, 0.2) is 188 Å². The summed E-state index contributed by atoms with van der Waals surface area (Å²) in [6, 6.07) is 28.8. The van der Waals surface area contributed by atoms with E-state index in [0.29, 0.717) is 0 Å². The molecule has 0 saturated carbocycles. The van der Waals surface area contributed by atoms with Crippen molar-refractivity contribution in [3.05, 3.63) is 151 Å². The third-order valence-corrected chi connectivity index (χ3v) is 20.8. The molecule has 0 aliphatic heterocycles. The van der Waals surface area contributed by atoms with Crippen LogP contribution in [0.25, 0.3) is 0 Å². The number of thiol groups is 1. The van der Waals surface area contributed by atoms with E-state index in [1.807, 2.05) is 6.92 Å². The minimum absolute atomic E-state index is 0.0555. The topological polar surface area (TPSA) is 205 Å². The van der Waals surface area contributed by atoms with E-state index in [4.69, 9.17) is 0 Å². The first-order chi connectivity index (χ1) is 28.3. The van der Waals surface area contributed by atoms with E-state index in [9.17, 15) is 50.5 Å². The molecule has 0 heterocycles. The first-order valence-electron chi connectivity index (χ1n) is 17.8. The van der Waals surface area contributed by atoms with E-state index in [1.165, 1.54) is 78.9 Å². The third-order valence-electron chi connectivity index (χ3n) is 9.09. The van der Waals surface area contributed by atoms with Gasteiger partial charge in [0, 0.05) is 0 Å². The maximum absolute atomic E-state index is 13.9. The molecule has 61 heavy (non-hydrogen) atoms. The molecule has 0 N–H and O–H groups in total. The largest absolute Gasteiger partial charge is 0.0580 e. The van der Waals surface area contributed by atoms with Crippen molar-refractivity contribution in [3.63, 3.8) is 0 Å². The molecule has 13 nitrogen and oxygen atoms in total. The standard InChI is InChI=1S/C23H25NO6S3.C18H13O6S3.Co/c1-17-5-7-19(8-6-17)32(27,28)20-9-11-21(12-10-20)33(29,30)22-13-14-23(31(25)26)18(15-22)16-24(2,3)4;19-25(20)14-6-8-16(9-7-14)27(23,24)18-12-10-17(11-13-18)26(21,22)15-4-2-1-3-5-15;/h5-15H,16H2,1-4H3;2-13,25H;/q+1;;. The van der Waals surface area contributed by atoms with Crippen LogP contribution in [0, 0.1) is 6.92 Å². The molecule has 0 bridgehead atoms. The van der Waals surface area contributed by atoms with Gasteiger partial charge in [-0.15, -0.1) is 0 Å². The molecular weight excluding hydrogens is 950 g/mol. The van der Waals surface area contributed by atoms with Crippen molar-refractivity contribution < 1.29 is 68.6 Å². The van der Waals surface area contributed by atoms with E-state index < -0.39 is 58.4 Å². The molecular formula is C41H38CoNO12S6+. The van der Waals surface area contributed by atoms with Crippen LogP contribution >= 0.6 is 0 Å². The van der Waals surface area contributed by atoms with Gasteiger partial charge < -0.3 is 0 Å². The zero-order valence-electron chi connectivity index (χ0n) is 32.7. The molecule has 0 spiro atoms. The van der Waals surface area contributed by atoms with E-state index >= 15 is 0 Å². The molecule has 0 unspecified atom stereocenters. The summed E-state index contributed by atoms with van der Waals surface area (Å²) >= 11 is -0.184. The van der Waals surface area contributed by atoms with Gasteiger partial charge in [0.05, 0.1) is 4.90 Å². The van der Waals surface area contributed by atoms with Gasteiger partial charge in [-0.25, -0.2) is 8.42 Å². The number of nitrogens with zero attached hydrogens (tertiary/aromatic N) is 1. The first-order valence-corrected chi connectivity index (χ1v) is 28.0. The molecule has 323 valence electrons. The number of hydrogen-bond acceptors (Lipinski definition) is 12. The number of quaternary nitrogens is 1. The van der Waals surface area contributed by atoms with Crippen LogP contribution in [-0.4, -0.2) is 76.1 Å². The molecule has 0 aliphatic rings. The van der Waals surface area contributed by atoms with Crippen molar-refractivity contribution in [1.82, 2.24) is 0 Å². The Bertz CT molecular complexity index is 3290. The predicted molar refractivity (Wildman–Crippen MR) is 222 cm³/mol. The van der Waals surface area contributed by atoms with E-state index in [0.717, 1.165) is 54.1 Å². The van der Waals surface area contributed by atoms with Crippen LogP contribution in [0.5, 0.6) is 0 Å². The number of rotatable bonds is 14. The second-order valence-corrected chi connectivity index (χ2v) is 27.8. The van der Waals surface area contributed by atoms with Gasteiger partial charge in [0.15, 0.2) is 10.7 Å². The maximum atomic E-state index is 13.9. The van der Waals surface area contributed by atoms with Crippen molar-refractivity contribution in [2.75, 3.05) is 21.1 Å². The molecule has 0 aromatic heterocycles. The van der Waals surface area contributed by atoms with Crippen molar-refractivity contribution in [3.8, 4) is 0 Å². The summed E-state index contributed by atoms with van der Waals surface area (Å²) in [5.74, 6) is 0. The molecule has 0 amide bonds. The van der Waals surface area contributed by atoms with Gasteiger partial charge in [-0.3, -0.25) is 0 Å². The van der Waals surface area contributed by atoms with Crippen LogP contribution in [-0.2, 0) is 78.5 Å². The second-order valence-electron chi connectivity index (χ2n) is 14.6. The van der Waals surface area contributed by atoms with Crippen LogP contribution in [0.1, 0.15) is 11.1 Å². The smallest absolute Gasteiger partial charge is 0.0429 e. The average molecular weight is 988 g/mol. The van der Waals surface area contributed by atoms with Gasteiger partial charge in [0.1, 0.15) is 0 Å². The van der Waals surface area contributed by atoms with E-state index in [2.05, 4.69) is 0 Å². The van der Waals surface area contributed by atoms with Crippen molar-refractivity contribution in [2.24, 2.45) is 0 Å². The van der Waals surface area contributed by atoms with E-state index in [-0.39, 0.29) is 83.6 Å².